The molecule has 0 aromatic heterocycles. The lowest BCUT2D eigenvalue weighted by Crippen LogP contribution is -2.52. The van der Waals surface area contributed by atoms with E-state index in [0.717, 1.165) is 12.8 Å². The third-order valence-electron chi connectivity index (χ3n) is 3.37. The molecule has 100 valence electrons. The van der Waals surface area contributed by atoms with E-state index in [4.69, 9.17) is 17.3 Å². The van der Waals surface area contributed by atoms with E-state index in [1.54, 1.807) is 12.1 Å². The van der Waals surface area contributed by atoms with Gasteiger partial charge in [0.1, 0.15) is 0 Å². The van der Waals surface area contributed by atoms with Crippen LogP contribution in [0.4, 0.5) is 0 Å². The fraction of sp³-hybridized carbons (Fsp3) is 0.500. The molecule has 4 nitrogen and oxygen atoms in total. The number of nitrogens with two attached hydrogens (primary N) is 1. The molecule has 1 heterocycles. The van der Waals surface area contributed by atoms with E-state index in [-0.39, 0.29) is 10.8 Å². The molecule has 1 saturated heterocycles. The molecule has 0 radical (unpaired) electrons. The summed E-state index contributed by atoms with van der Waals surface area (Å²) in [5.74, 6) is 0.181. The summed E-state index contributed by atoms with van der Waals surface area (Å²) in [6.45, 7) is 2.46. The van der Waals surface area contributed by atoms with Crippen molar-refractivity contribution in [2.24, 2.45) is 11.7 Å². The van der Waals surface area contributed by atoms with Gasteiger partial charge in [-0.3, -0.25) is 0 Å². The predicted octanol–water partition coefficient (Wildman–Crippen LogP) is 2.05. The van der Waals surface area contributed by atoms with Crippen molar-refractivity contribution in [3.63, 3.8) is 0 Å². The summed E-state index contributed by atoms with van der Waals surface area (Å²) in [6, 6.07) is 6.19. The molecule has 1 aliphatic heterocycles. The van der Waals surface area contributed by atoms with Gasteiger partial charge in [-0.25, -0.2) is 8.42 Å². The average molecular weight is 289 g/mol. The van der Waals surface area contributed by atoms with Gasteiger partial charge in [0, 0.05) is 11.6 Å². The molecule has 2 N–H and O–H groups in total. The van der Waals surface area contributed by atoms with Crippen LogP contribution in [0, 0.1) is 5.92 Å². The first-order valence-corrected chi connectivity index (χ1v) is 7.78. The molecule has 0 amide bonds. The Morgan fingerprint density at radius 1 is 1.33 bits per heavy atom. The fourth-order valence-corrected chi connectivity index (χ4v) is 3.97. The van der Waals surface area contributed by atoms with E-state index in [1.807, 2.05) is 6.92 Å². The number of hydrogen-bond donors (Lipinski definition) is 1. The van der Waals surface area contributed by atoms with Crippen molar-refractivity contribution in [2.45, 2.75) is 30.8 Å². The maximum Gasteiger partial charge on any atom is 0.244 e. The van der Waals surface area contributed by atoms with Crippen LogP contribution in [0.5, 0.6) is 0 Å². The van der Waals surface area contributed by atoms with E-state index in [9.17, 15) is 8.42 Å². The summed E-state index contributed by atoms with van der Waals surface area (Å²) in [7, 11) is -3.51. The second-order valence-corrected chi connectivity index (χ2v) is 7.01. The van der Waals surface area contributed by atoms with E-state index >= 15 is 0 Å². The van der Waals surface area contributed by atoms with E-state index in [0.29, 0.717) is 11.6 Å². The lowest BCUT2D eigenvalue weighted by Gasteiger charge is -2.36. The maximum atomic E-state index is 12.5. The number of piperidine rings is 1. The van der Waals surface area contributed by atoms with Gasteiger partial charge in [-0.05, 0) is 43.0 Å². The Labute approximate surface area is 113 Å². The molecule has 1 fully saturated rings. The van der Waals surface area contributed by atoms with Crippen molar-refractivity contribution in [1.29, 1.82) is 0 Å². The SMILES string of the molecule is CC1CCCN(S(=O)(=O)c2ccc(Cl)cc2)C1N. The Kier molecular flexibility index (Phi) is 3.96. The summed E-state index contributed by atoms with van der Waals surface area (Å²) in [6.07, 6.45) is 1.37. The van der Waals surface area contributed by atoms with Crippen molar-refractivity contribution in [3.8, 4) is 0 Å². The molecule has 18 heavy (non-hydrogen) atoms. The van der Waals surface area contributed by atoms with Crippen molar-refractivity contribution < 1.29 is 8.42 Å². The highest BCUT2D eigenvalue weighted by Gasteiger charge is 2.34. The van der Waals surface area contributed by atoms with Crippen molar-refractivity contribution in [1.82, 2.24) is 4.31 Å². The highest BCUT2D eigenvalue weighted by Crippen LogP contribution is 2.27. The smallest absolute Gasteiger partial charge is 0.244 e. The molecule has 0 saturated carbocycles. The van der Waals surface area contributed by atoms with Crippen LogP contribution in [0.2, 0.25) is 5.02 Å². The standard InChI is InChI=1S/C12H17ClN2O2S/c1-9-3-2-8-15(12(9)14)18(16,17)11-6-4-10(13)5-7-11/h4-7,9,12H,2-3,8,14H2,1H3. The summed E-state index contributed by atoms with van der Waals surface area (Å²) in [5, 5.41) is 0.519. The zero-order chi connectivity index (χ0) is 13.3. The largest absolute Gasteiger partial charge is 0.315 e. The minimum atomic E-state index is -3.51. The van der Waals surface area contributed by atoms with Gasteiger partial charge in [0.25, 0.3) is 0 Å². The molecule has 0 spiro atoms. The highest BCUT2D eigenvalue weighted by atomic mass is 35.5. The second kappa shape index (κ2) is 5.17. The second-order valence-electron chi connectivity index (χ2n) is 4.68. The summed E-state index contributed by atoms with van der Waals surface area (Å²) in [4.78, 5) is 0.247. The minimum absolute atomic E-state index is 0.181. The van der Waals surface area contributed by atoms with Crippen LogP contribution in [-0.2, 0) is 10.0 Å². The first-order valence-electron chi connectivity index (χ1n) is 5.96. The number of nitrogens with zero attached hydrogens (tertiary/aromatic N) is 1. The summed E-state index contributed by atoms with van der Waals surface area (Å²) < 4.78 is 26.3. The first-order chi connectivity index (χ1) is 8.43. The predicted molar refractivity (Wildman–Crippen MR) is 71.7 cm³/mol. The van der Waals surface area contributed by atoms with Gasteiger partial charge in [0.05, 0.1) is 11.1 Å². The molecule has 0 aliphatic carbocycles. The quantitative estimate of drug-likeness (QED) is 0.906. The molecule has 1 aromatic carbocycles. The van der Waals surface area contributed by atoms with Crippen molar-refractivity contribution in [2.75, 3.05) is 6.54 Å². The lowest BCUT2D eigenvalue weighted by atomic mass is 9.99. The first kappa shape index (κ1) is 13.8. The topological polar surface area (TPSA) is 63.4 Å². The number of benzene rings is 1. The number of sulfonamides is 1. The number of hydrogen-bond acceptors (Lipinski definition) is 3. The maximum absolute atomic E-state index is 12.5. The van der Waals surface area contributed by atoms with E-state index in [2.05, 4.69) is 0 Å². The molecule has 1 aliphatic rings. The highest BCUT2D eigenvalue weighted by molar-refractivity contribution is 7.89. The van der Waals surface area contributed by atoms with Gasteiger partial charge >= 0.3 is 0 Å². The Hall–Kier alpha value is -0.620. The van der Waals surface area contributed by atoms with Crippen molar-refractivity contribution in [3.05, 3.63) is 29.3 Å². The summed E-state index contributed by atoms with van der Waals surface area (Å²) >= 11 is 5.77. The van der Waals surface area contributed by atoms with Crippen LogP contribution in [0.15, 0.2) is 29.2 Å². The molecule has 2 atom stereocenters. The lowest BCUT2D eigenvalue weighted by molar-refractivity contribution is 0.192. The molecular weight excluding hydrogens is 272 g/mol. The van der Waals surface area contributed by atoms with E-state index in [1.165, 1.54) is 16.4 Å². The normalized spacial score (nSPS) is 26.2. The van der Waals surface area contributed by atoms with Gasteiger partial charge in [-0.15, -0.1) is 0 Å². The van der Waals surface area contributed by atoms with Gasteiger partial charge in [-0.1, -0.05) is 18.5 Å². The Bertz CT molecular complexity index is 515. The van der Waals surface area contributed by atoms with Crippen LogP contribution in [0.25, 0.3) is 0 Å². The van der Waals surface area contributed by atoms with Crippen LogP contribution in [0.3, 0.4) is 0 Å². The van der Waals surface area contributed by atoms with Crippen LogP contribution in [-0.4, -0.2) is 25.4 Å². The van der Waals surface area contributed by atoms with Crippen LogP contribution >= 0.6 is 11.6 Å². The van der Waals surface area contributed by atoms with Gasteiger partial charge < -0.3 is 5.73 Å². The molecule has 6 heteroatoms. The average Bonchev–Trinajstić information content (AvgIpc) is 2.33. The monoisotopic (exact) mass is 288 g/mol. The van der Waals surface area contributed by atoms with E-state index < -0.39 is 16.2 Å². The zero-order valence-electron chi connectivity index (χ0n) is 10.2. The molecule has 1 aromatic rings. The van der Waals surface area contributed by atoms with Gasteiger partial charge in [0.2, 0.25) is 10.0 Å². The molecular formula is C12H17ClN2O2S. The Balaban J connectivity index is 2.33. The van der Waals surface area contributed by atoms with Crippen LogP contribution in [0.1, 0.15) is 19.8 Å². The molecule has 2 rings (SSSR count). The molecule has 0 bridgehead atoms. The van der Waals surface area contributed by atoms with Crippen molar-refractivity contribution >= 4 is 21.6 Å². The van der Waals surface area contributed by atoms with Gasteiger partial charge in [0.15, 0.2) is 0 Å². The minimum Gasteiger partial charge on any atom is -0.315 e. The van der Waals surface area contributed by atoms with Crippen LogP contribution < -0.4 is 5.73 Å². The third-order valence-corrected chi connectivity index (χ3v) is 5.54. The summed E-state index contributed by atoms with van der Waals surface area (Å²) in [5.41, 5.74) is 6.00. The zero-order valence-corrected chi connectivity index (χ0v) is 11.8. The number of halogens is 1. The van der Waals surface area contributed by atoms with Gasteiger partial charge in [-0.2, -0.15) is 4.31 Å². The fourth-order valence-electron chi connectivity index (χ4n) is 2.20. The third kappa shape index (κ3) is 2.54. The molecule has 2 unspecified atom stereocenters. The number of rotatable bonds is 2. The Morgan fingerprint density at radius 3 is 2.56 bits per heavy atom. The Morgan fingerprint density at radius 2 is 1.94 bits per heavy atom.